The van der Waals surface area contributed by atoms with Gasteiger partial charge in [-0.3, -0.25) is 0 Å². The standard InChI is InChI=1S/C10H10I2/c11-6-8-5-4-7-2-1-3-9(7)10(8)12/h4-5H,1-3,6H2. The van der Waals surface area contributed by atoms with Crippen molar-refractivity contribution < 1.29 is 0 Å². The molecule has 0 radical (unpaired) electrons. The number of alkyl halides is 1. The average Bonchev–Trinajstić information content (AvgIpc) is 2.53. The molecular weight excluding hydrogens is 374 g/mol. The predicted molar refractivity (Wildman–Crippen MR) is 68.9 cm³/mol. The van der Waals surface area contributed by atoms with E-state index >= 15 is 0 Å². The van der Waals surface area contributed by atoms with Crippen LogP contribution in [0.3, 0.4) is 0 Å². The van der Waals surface area contributed by atoms with E-state index in [-0.39, 0.29) is 0 Å². The molecule has 0 aromatic heterocycles. The molecular formula is C10H10I2. The van der Waals surface area contributed by atoms with Gasteiger partial charge in [0.2, 0.25) is 0 Å². The van der Waals surface area contributed by atoms with Crippen LogP contribution >= 0.6 is 45.2 Å². The fourth-order valence-electron chi connectivity index (χ4n) is 1.77. The highest BCUT2D eigenvalue weighted by Crippen LogP contribution is 2.29. The molecule has 1 aromatic carbocycles. The number of hydrogen-bond donors (Lipinski definition) is 0. The van der Waals surface area contributed by atoms with Crippen molar-refractivity contribution in [2.24, 2.45) is 0 Å². The summed E-state index contributed by atoms with van der Waals surface area (Å²) in [6.07, 6.45) is 3.96. The molecule has 0 fully saturated rings. The maximum Gasteiger partial charge on any atom is 0.0257 e. The van der Waals surface area contributed by atoms with E-state index in [1.54, 1.807) is 11.1 Å². The van der Waals surface area contributed by atoms with Crippen LogP contribution in [0.15, 0.2) is 12.1 Å². The van der Waals surface area contributed by atoms with Crippen LogP contribution < -0.4 is 0 Å². The van der Waals surface area contributed by atoms with Gasteiger partial charge >= 0.3 is 0 Å². The summed E-state index contributed by atoms with van der Waals surface area (Å²) in [4.78, 5) is 0. The summed E-state index contributed by atoms with van der Waals surface area (Å²) in [5.74, 6) is 0. The molecule has 0 aliphatic heterocycles. The summed E-state index contributed by atoms with van der Waals surface area (Å²) < 4.78 is 2.67. The Morgan fingerprint density at radius 2 is 2.08 bits per heavy atom. The molecule has 1 aromatic rings. The topological polar surface area (TPSA) is 0 Å². The first-order valence-electron chi connectivity index (χ1n) is 4.18. The number of fused-ring (bicyclic) bond motifs is 1. The predicted octanol–water partition coefficient (Wildman–Crippen LogP) is 3.71. The summed E-state index contributed by atoms with van der Waals surface area (Å²) in [5.41, 5.74) is 4.73. The second kappa shape index (κ2) is 3.82. The molecule has 1 aliphatic carbocycles. The van der Waals surface area contributed by atoms with Gasteiger partial charge in [-0.25, -0.2) is 0 Å². The van der Waals surface area contributed by atoms with Crippen molar-refractivity contribution in [3.05, 3.63) is 32.4 Å². The second-order valence-electron chi connectivity index (χ2n) is 3.16. The number of halogens is 2. The van der Waals surface area contributed by atoms with Gasteiger partial charge in [-0.2, -0.15) is 0 Å². The third kappa shape index (κ3) is 1.52. The first kappa shape index (κ1) is 9.24. The van der Waals surface area contributed by atoms with E-state index in [2.05, 4.69) is 57.3 Å². The zero-order valence-corrected chi connectivity index (χ0v) is 11.1. The van der Waals surface area contributed by atoms with Crippen molar-refractivity contribution in [2.75, 3.05) is 0 Å². The van der Waals surface area contributed by atoms with E-state index in [4.69, 9.17) is 0 Å². The fraction of sp³-hybridized carbons (Fsp3) is 0.400. The van der Waals surface area contributed by atoms with Gasteiger partial charge in [0, 0.05) is 8.00 Å². The molecule has 0 bridgehead atoms. The van der Waals surface area contributed by atoms with E-state index in [1.165, 1.54) is 28.4 Å². The Labute approximate surface area is 100 Å². The summed E-state index contributed by atoms with van der Waals surface area (Å²) in [6, 6.07) is 4.61. The Hall–Kier alpha value is 0.680. The van der Waals surface area contributed by atoms with E-state index in [9.17, 15) is 0 Å². The summed E-state index contributed by atoms with van der Waals surface area (Å²) in [6.45, 7) is 0. The number of benzene rings is 1. The van der Waals surface area contributed by atoms with Crippen molar-refractivity contribution >= 4 is 45.2 Å². The number of rotatable bonds is 1. The van der Waals surface area contributed by atoms with Gasteiger partial charge in [-0.05, 0) is 58.5 Å². The first-order valence-corrected chi connectivity index (χ1v) is 6.78. The van der Waals surface area contributed by atoms with Gasteiger partial charge in [0.15, 0.2) is 0 Å². The smallest absolute Gasteiger partial charge is 0.0257 e. The molecule has 2 rings (SSSR count). The average molecular weight is 384 g/mol. The van der Waals surface area contributed by atoms with Crippen LogP contribution in [0.4, 0.5) is 0 Å². The van der Waals surface area contributed by atoms with Crippen LogP contribution in [0.1, 0.15) is 23.1 Å². The van der Waals surface area contributed by atoms with Crippen LogP contribution in [-0.4, -0.2) is 0 Å². The zero-order chi connectivity index (χ0) is 8.55. The Morgan fingerprint density at radius 1 is 1.25 bits per heavy atom. The summed E-state index contributed by atoms with van der Waals surface area (Å²) >= 11 is 4.94. The van der Waals surface area contributed by atoms with Crippen molar-refractivity contribution in [1.29, 1.82) is 0 Å². The molecule has 0 atom stereocenters. The molecule has 0 saturated carbocycles. The van der Waals surface area contributed by atoms with Gasteiger partial charge in [-0.1, -0.05) is 34.7 Å². The SMILES string of the molecule is ICc1ccc2c(c1I)CCC2. The Bertz CT molecular complexity index is 305. The lowest BCUT2D eigenvalue weighted by atomic mass is 10.1. The fourth-order valence-corrected chi connectivity index (χ4v) is 4.13. The minimum Gasteiger partial charge on any atom is -0.0811 e. The summed E-state index contributed by atoms with van der Waals surface area (Å²) in [7, 11) is 0. The highest BCUT2D eigenvalue weighted by Gasteiger charge is 2.15. The highest BCUT2D eigenvalue weighted by atomic mass is 127. The van der Waals surface area contributed by atoms with E-state index in [0.717, 1.165) is 4.43 Å². The molecule has 0 spiro atoms. The Kier molecular flexibility index (Phi) is 2.94. The molecule has 64 valence electrons. The summed E-state index contributed by atoms with van der Waals surface area (Å²) in [5, 5.41) is 0. The number of aryl methyl sites for hydroxylation is 1. The lowest BCUT2D eigenvalue weighted by Gasteiger charge is -2.06. The molecule has 0 N–H and O–H groups in total. The van der Waals surface area contributed by atoms with Gasteiger partial charge in [0.05, 0.1) is 0 Å². The first-order chi connectivity index (χ1) is 5.83. The lowest BCUT2D eigenvalue weighted by molar-refractivity contribution is 0.910. The zero-order valence-electron chi connectivity index (χ0n) is 6.74. The molecule has 0 saturated heterocycles. The van der Waals surface area contributed by atoms with Crippen LogP contribution in [0.25, 0.3) is 0 Å². The maximum atomic E-state index is 2.50. The van der Waals surface area contributed by atoms with Gasteiger partial charge in [-0.15, -0.1) is 0 Å². The van der Waals surface area contributed by atoms with Crippen LogP contribution in [0.5, 0.6) is 0 Å². The lowest BCUT2D eigenvalue weighted by Crippen LogP contribution is -1.92. The molecule has 0 amide bonds. The maximum absolute atomic E-state index is 2.50. The monoisotopic (exact) mass is 384 g/mol. The van der Waals surface area contributed by atoms with E-state index in [1.807, 2.05) is 0 Å². The van der Waals surface area contributed by atoms with Gasteiger partial charge in [0.1, 0.15) is 0 Å². The minimum atomic E-state index is 1.14. The van der Waals surface area contributed by atoms with Gasteiger partial charge in [0.25, 0.3) is 0 Å². The largest absolute Gasteiger partial charge is 0.0811 e. The van der Waals surface area contributed by atoms with E-state index in [0.29, 0.717) is 0 Å². The van der Waals surface area contributed by atoms with Crippen LogP contribution in [-0.2, 0) is 17.3 Å². The van der Waals surface area contributed by atoms with Crippen molar-refractivity contribution in [3.8, 4) is 0 Å². The third-order valence-electron chi connectivity index (χ3n) is 2.44. The molecule has 0 nitrogen and oxygen atoms in total. The Balaban J connectivity index is 2.54. The quantitative estimate of drug-likeness (QED) is 0.512. The van der Waals surface area contributed by atoms with E-state index < -0.39 is 0 Å². The minimum absolute atomic E-state index is 1.14. The van der Waals surface area contributed by atoms with Crippen LogP contribution in [0, 0.1) is 3.57 Å². The highest BCUT2D eigenvalue weighted by molar-refractivity contribution is 14.1. The molecule has 12 heavy (non-hydrogen) atoms. The molecule has 0 unspecified atom stereocenters. The van der Waals surface area contributed by atoms with Crippen molar-refractivity contribution in [3.63, 3.8) is 0 Å². The number of hydrogen-bond acceptors (Lipinski definition) is 0. The molecule has 1 aliphatic rings. The molecule has 2 heteroatoms. The Morgan fingerprint density at radius 3 is 2.83 bits per heavy atom. The van der Waals surface area contributed by atoms with Crippen LogP contribution in [0.2, 0.25) is 0 Å². The third-order valence-corrected chi connectivity index (χ3v) is 4.60. The van der Waals surface area contributed by atoms with Gasteiger partial charge < -0.3 is 0 Å². The molecule has 0 heterocycles. The van der Waals surface area contributed by atoms with Crippen molar-refractivity contribution in [1.82, 2.24) is 0 Å². The van der Waals surface area contributed by atoms with Crippen molar-refractivity contribution in [2.45, 2.75) is 23.7 Å². The second-order valence-corrected chi connectivity index (χ2v) is 5.01. The normalized spacial score (nSPS) is 14.8.